The van der Waals surface area contributed by atoms with Crippen LogP contribution in [0.15, 0.2) is 6.33 Å². The summed E-state index contributed by atoms with van der Waals surface area (Å²) in [7, 11) is 0. The Bertz CT molecular complexity index is 834. The van der Waals surface area contributed by atoms with Crippen molar-refractivity contribution in [1.82, 2.24) is 19.5 Å². The van der Waals surface area contributed by atoms with Gasteiger partial charge in [0.05, 0.1) is 19.0 Å². The highest BCUT2D eigenvalue weighted by Crippen LogP contribution is 2.40. The number of ether oxygens (including phenoxy) is 2. The van der Waals surface area contributed by atoms with Crippen LogP contribution in [0.4, 0.5) is 0 Å². The summed E-state index contributed by atoms with van der Waals surface area (Å²) in [6.45, 7) is 7.15. The summed E-state index contributed by atoms with van der Waals surface area (Å²) < 4.78 is 13.2. The number of hydrogen-bond acceptors (Lipinski definition) is 7. The minimum atomic E-state index is -1.23. The van der Waals surface area contributed by atoms with Gasteiger partial charge in [0.25, 0.3) is 0 Å². The summed E-state index contributed by atoms with van der Waals surface area (Å²) in [5, 5.41) is 20.9. The molecule has 0 radical (unpaired) electrons. The van der Waals surface area contributed by atoms with Crippen LogP contribution in [-0.4, -0.2) is 80.4 Å². The molecule has 0 aliphatic carbocycles. The Kier molecular flexibility index (Phi) is 5.40. The second kappa shape index (κ2) is 7.27. The van der Waals surface area contributed by atoms with Crippen molar-refractivity contribution in [2.24, 2.45) is 0 Å². The second-order valence-electron chi connectivity index (χ2n) is 7.33. The van der Waals surface area contributed by atoms with E-state index in [9.17, 15) is 10.2 Å². The molecule has 2 aromatic heterocycles. The van der Waals surface area contributed by atoms with Crippen LogP contribution in [0.25, 0.3) is 11.2 Å². The number of fused-ring (bicyclic) bond motifs is 1. The van der Waals surface area contributed by atoms with Crippen LogP contribution in [0, 0.1) is 6.92 Å². The second-order valence-corrected chi connectivity index (χ2v) is 11.6. The normalized spacial score (nSPS) is 26.5. The van der Waals surface area contributed by atoms with Gasteiger partial charge in [0.2, 0.25) is 5.88 Å². The highest BCUT2D eigenvalue weighted by molar-refractivity contribution is 7.72. The molecule has 3 heterocycles. The maximum atomic E-state index is 10.5. The molecule has 0 bridgehead atoms. The molecular formula is C17H27N4O4P. The molecule has 1 aliphatic heterocycles. The van der Waals surface area contributed by atoms with Crippen LogP contribution in [0.3, 0.4) is 0 Å². The van der Waals surface area contributed by atoms with Gasteiger partial charge < -0.3 is 19.7 Å². The minimum absolute atomic E-state index is 0.405. The fraction of sp³-hybridized carbons (Fsp3) is 0.647. The zero-order valence-corrected chi connectivity index (χ0v) is 16.6. The minimum Gasteiger partial charge on any atom is -0.476 e. The first-order valence-corrected chi connectivity index (χ1v) is 11.8. The third kappa shape index (κ3) is 3.78. The Labute approximate surface area is 153 Å². The van der Waals surface area contributed by atoms with E-state index >= 15 is 0 Å². The Morgan fingerprint density at radius 1 is 1.31 bits per heavy atom. The fourth-order valence-corrected chi connectivity index (χ4v) is 4.05. The van der Waals surface area contributed by atoms with E-state index in [4.69, 9.17) is 9.47 Å². The summed E-state index contributed by atoms with van der Waals surface area (Å²) in [5.41, 5.74) is 1.03. The lowest BCUT2D eigenvalue weighted by Gasteiger charge is -2.18. The maximum absolute atomic E-state index is 10.5. The number of hydrogen-bond donors (Lipinski definition) is 2. The van der Waals surface area contributed by atoms with Gasteiger partial charge in [-0.1, -0.05) is 0 Å². The van der Waals surface area contributed by atoms with Crippen molar-refractivity contribution in [3.63, 3.8) is 0 Å². The fourth-order valence-electron chi connectivity index (χ4n) is 3.09. The number of aliphatic hydroxyl groups excluding tert-OH is 2. The molecule has 9 heteroatoms. The monoisotopic (exact) mass is 382 g/mol. The number of aryl methyl sites for hydroxylation is 1. The maximum Gasteiger partial charge on any atom is 0.245 e. The molecule has 2 N–H and O–H groups in total. The van der Waals surface area contributed by atoms with Crippen molar-refractivity contribution in [2.75, 3.05) is 26.1 Å². The topological polar surface area (TPSA) is 103 Å². The van der Waals surface area contributed by atoms with Gasteiger partial charge in [-0.15, -0.1) is 13.2 Å². The Morgan fingerprint density at radius 2 is 2.04 bits per heavy atom. The van der Waals surface area contributed by atoms with E-state index in [1.54, 1.807) is 17.8 Å². The van der Waals surface area contributed by atoms with Crippen LogP contribution in [0.5, 0.6) is 5.88 Å². The van der Waals surface area contributed by atoms with Crippen molar-refractivity contribution in [3.8, 4) is 5.88 Å². The molecule has 1 saturated heterocycles. The zero-order chi connectivity index (χ0) is 19.1. The lowest BCUT2D eigenvalue weighted by atomic mass is 10.1. The molecule has 1 aliphatic rings. The predicted molar refractivity (Wildman–Crippen MR) is 103 cm³/mol. The molecule has 4 atom stereocenters. The van der Waals surface area contributed by atoms with E-state index in [0.29, 0.717) is 35.9 Å². The standard InChI is InChI=1S/C17H27N4O4P/c1-6-24-16-12-15(19-10(2)20-16)21(9-18-12)17-14(23)13(22)11(25-17)7-8-26(3,4)5/h9,11,13-14,17,22-23H,3,6-8H2,1-2,4-5H3/t11-,13-,14-,17-/m1/s1. The molecule has 1 fully saturated rings. The Morgan fingerprint density at radius 3 is 2.69 bits per heavy atom. The first kappa shape index (κ1) is 19.3. The molecule has 0 amide bonds. The quantitative estimate of drug-likeness (QED) is 0.725. The van der Waals surface area contributed by atoms with Crippen LogP contribution in [0.2, 0.25) is 0 Å². The van der Waals surface area contributed by atoms with Gasteiger partial charge in [-0.3, -0.25) is 4.57 Å². The average molecular weight is 382 g/mol. The summed E-state index contributed by atoms with van der Waals surface area (Å²) in [6.07, 6.45) is 4.05. The molecule has 26 heavy (non-hydrogen) atoms. The third-order valence-electron chi connectivity index (χ3n) is 4.41. The number of aromatic nitrogens is 4. The van der Waals surface area contributed by atoms with E-state index in [1.807, 2.05) is 6.92 Å². The third-order valence-corrected chi connectivity index (χ3v) is 5.88. The van der Waals surface area contributed by atoms with Crippen molar-refractivity contribution in [3.05, 3.63) is 12.2 Å². The number of nitrogens with zero attached hydrogens (tertiary/aromatic N) is 4. The molecule has 0 spiro atoms. The van der Waals surface area contributed by atoms with Gasteiger partial charge in [-0.05, 0) is 39.8 Å². The zero-order valence-electron chi connectivity index (χ0n) is 15.7. The SMILES string of the molecule is C=P(C)(C)CC[C@H]1O[C@@H](n2cnc3c(OCC)nc(C)nc32)[C@H](O)[C@@H]1O. The molecule has 0 aromatic carbocycles. The van der Waals surface area contributed by atoms with Crippen molar-refractivity contribution in [1.29, 1.82) is 0 Å². The van der Waals surface area contributed by atoms with Crippen LogP contribution in [0.1, 0.15) is 25.4 Å². The van der Waals surface area contributed by atoms with Gasteiger partial charge in [-0.2, -0.15) is 4.98 Å². The Balaban J connectivity index is 1.90. The van der Waals surface area contributed by atoms with Crippen LogP contribution < -0.4 is 4.74 Å². The molecule has 3 rings (SSSR count). The van der Waals surface area contributed by atoms with Gasteiger partial charge in [0.1, 0.15) is 18.0 Å². The van der Waals surface area contributed by atoms with E-state index < -0.39 is 31.4 Å². The van der Waals surface area contributed by atoms with Gasteiger partial charge >= 0.3 is 0 Å². The van der Waals surface area contributed by atoms with Crippen molar-refractivity contribution >= 4 is 24.3 Å². The lowest BCUT2D eigenvalue weighted by molar-refractivity contribution is -0.0353. The largest absolute Gasteiger partial charge is 0.476 e. The van der Waals surface area contributed by atoms with E-state index in [2.05, 4.69) is 34.6 Å². The molecule has 8 nitrogen and oxygen atoms in total. The van der Waals surface area contributed by atoms with Crippen molar-refractivity contribution in [2.45, 2.75) is 44.8 Å². The molecule has 0 saturated carbocycles. The van der Waals surface area contributed by atoms with Crippen molar-refractivity contribution < 1.29 is 19.7 Å². The highest BCUT2D eigenvalue weighted by atomic mass is 31.2. The van der Waals surface area contributed by atoms with Gasteiger partial charge in [0, 0.05) is 0 Å². The highest BCUT2D eigenvalue weighted by Gasteiger charge is 2.44. The average Bonchev–Trinajstić information content (AvgIpc) is 3.08. The smallest absolute Gasteiger partial charge is 0.245 e. The van der Waals surface area contributed by atoms with E-state index in [0.717, 1.165) is 6.16 Å². The molecule has 144 valence electrons. The molecule has 0 unspecified atom stereocenters. The van der Waals surface area contributed by atoms with E-state index in [1.165, 1.54) is 0 Å². The first-order chi connectivity index (χ1) is 12.2. The molecule has 2 aromatic rings. The number of aliphatic hydroxyl groups is 2. The van der Waals surface area contributed by atoms with Gasteiger partial charge in [0.15, 0.2) is 17.4 Å². The summed E-state index contributed by atoms with van der Waals surface area (Å²) in [5.74, 6) is 0.942. The lowest BCUT2D eigenvalue weighted by Crippen LogP contribution is -2.31. The summed E-state index contributed by atoms with van der Waals surface area (Å²) in [6, 6.07) is 0. The van der Waals surface area contributed by atoms with Crippen LogP contribution >= 0.6 is 6.89 Å². The molecular weight excluding hydrogens is 355 g/mol. The number of imidazole rings is 1. The van der Waals surface area contributed by atoms with Crippen LogP contribution in [-0.2, 0) is 4.74 Å². The first-order valence-electron chi connectivity index (χ1n) is 8.74. The summed E-state index contributed by atoms with van der Waals surface area (Å²) in [4.78, 5) is 13.0. The number of rotatable bonds is 6. The summed E-state index contributed by atoms with van der Waals surface area (Å²) >= 11 is 0. The van der Waals surface area contributed by atoms with Gasteiger partial charge in [-0.25, -0.2) is 9.97 Å². The predicted octanol–water partition coefficient (Wildman–Crippen LogP) is 1.25. The Hall–Kier alpha value is -1.47. The van der Waals surface area contributed by atoms with E-state index in [-0.39, 0.29) is 0 Å².